The van der Waals surface area contributed by atoms with Crippen molar-refractivity contribution >= 4 is 17.2 Å². The van der Waals surface area contributed by atoms with Gasteiger partial charge in [-0.15, -0.1) is 16.4 Å². The Balaban J connectivity index is 1.79. The summed E-state index contributed by atoms with van der Waals surface area (Å²) in [6, 6.07) is 11.7. The van der Waals surface area contributed by atoms with Crippen LogP contribution in [-0.2, 0) is 24.4 Å². The van der Waals surface area contributed by atoms with Crippen molar-refractivity contribution in [2.24, 2.45) is 0 Å². The molecule has 1 aromatic carbocycles. The maximum atomic E-state index is 12.7. The van der Waals surface area contributed by atoms with E-state index in [9.17, 15) is 4.79 Å². The average Bonchev–Trinajstić information content (AvgIpc) is 3.28. The van der Waals surface area contributed by atoms with Gasteiger partial charge < -0.3 is 9.64 Å². The number of rotatable bonds is 7. The van der Waals surface area contributed by atoms with Crippen LogP contribution < -0.4 is 4.74 Å². The highest BCUT2D eigenvalue weighted by atomic mass is 32.1. The number of carbonyl (C=O) groups is 1. The minimum atomic E-state index is -0.0541. The van der Waals surface area contributed by atoms with Gasteiger partial charge >= 0.3 is 0 Å². The second kappa shape index (κ2) is 7.69. The SMILES string of the molecule is COc1ccccc1CN(Cc1cccs1)C(=O)Cn1cnnn1. The molecule has 0 aliphatic carbocycles. The number of tetrazole rings is 1. The number of thiophene rings is 1. The topological polar surface area (TPSA) is 73.1 Å². The summed E-state index contributed by atoms with van der Waals surface area (Å²) in [6.07, 6.45) is 1.43. The van der Waals surface area contributed by atoms with Gasteiger partial charge in [-0.2, -0.15) is 0 Å². The maximum Gasteiger partial charge on any atom is 0.245 e. The molecule has 7 nitrogen and oxygen atoms in total. The first kappa shape index (κ1) is 16.1. The third-order valence-corrected chi connectivity index (χ3v) is 4.38. The molecule has 0 bridgehead atoms. The molecular formula is C16H17N5O2S. The molecule has 8 heteroatoms. The van der Waals surface area contributed by atoms with E-state index >= 15 is 0 Å². The normalized spacial score (nSPS) is 10.5. The number of benzene rings is 1. The third kappa shape index (κ3) is 3.96. The zero-order chi connectivity index (χ0) is 16.8. The van der Waals surface area contributed by atoms with Crippen LogP contribution in [0.2, 0.25) is 0 Å². The summed E-state index contributed by atoms with van der Waals surface area (Å²) in [6.45, 7) is 1.10. The number of hydrogen-bond acceptors (Lipinski definition) is 6. The molecule has 1 amide bonds. The van der Waals surface area contributed by atoms with E-state index in [1.807, 2.05) is 41.8 Å². The Bertz CT molecular complexity index is 774. The summed E-state index contributed by atoms with van der Waals surface area (Å²) >= 11 is 1.62. The van der Waals surface area contributed by atoms with E-state index in [-0.39, 0.29) is 12.5 Å². The van der Waals surface area contributed by atoms with Crippen LogP contribution in [0, 0.1) is 0 Å². The highest BCUT2D eigenvalue weighted by Crippen LogP contribution is 2.21. The van der Waals surface area contributed by atoms with E-state index in [2.05, 4.69) is 15.5 Å². The molecule has 0 saturated heterocycles. The number of hydrogen-bond donors (Lipinski definition) is 0. The van der Waals surface area contributed by atoms with Gasteiger partial charge in [-0.3, -0.25) is 4.79 Å². The van der Waals surface area contributed by atoms with Crippen molar-refractivity contribution in [3.63, 3.8) is 0 Å². The number of carbonyl (C=O) groups excluding carboxylic acids is 1. The lowest BCUT2D eigenvalue weighted by Crippen LogP contribution is -2.33. The Hall–Kier alpha value is -2.74. The van der Waals surface area contributed by atoms with Crippen LogP contribution in [0.15, 0.2) is 48.1 Å². The van der Waals surface area contributed by atoms with Crippen molar-refractivity contribution in [1.82, 2.24) is 25.1 Å². The lowest BCUT2D eigenvalue weighted by atomic mass is 10.2. The van der Waals surface area contributed by atoms with Crippen LogP contribution in [0.3, 0.4) is 0 Å². The first-order chi connectivity index (χ1) is 11.8. The molecule has 0 radical (unpaired) electrons. The van der Waals surface area contributed by atoms with Crippen molar-refractivity contribution in [1.29, 1.82) is 0 Å². The quantitative estimate of drug-likeness (QED) is 0.656. The average molecular weight is 343 g/mol. The largest absolute Gasteiger partial charge is 0.496 e. The summed E-state index contributed by atoms with van der Waals surface area (Å²) in [5, 5.41) is 12.9. The number of methoxy groups -OCH3 is 1. The smallest absolute Gasteiger partial charge is 0.245 e. The van der Waals surface area contributed by atoms with Crippen LogP contribution >= 0.6 is 11.3 Å². The minimum absolute atomic E-state index is 0.0541. The number of aromatic nitrogens is 4. The molecule has 0 saturated carbocycles. The molecule has 3 aromatic rings. The molecule has 2 heterocycles. The van der Waals surface area contributed by atoms with Gasteiger partial charge in [0.25, 0.3) is 0 Å². The van der Waals surface area contributed by atoms with Gasteiger partial charge in [0, 0.05) is 17.0 Å². The van der Waals surface area contributed by atoms with E-state index in [0.717, 1.165) is 16.2 Å². The summed E-state index contributed by atoms with van der Waals surface area (Å²) in [4.78, 5) is 15.6. The van der Waals surface area contributed by atoms with Crippen LogP contribution in [-0.4, -0.2) is 38.1 Å². The second-order valence-electron chi connectivity index (χ2n) is 5.15. The molecule has 0 aliphatic rings. The monoisotopic (exact) mass is 343 g/mol. The number of ether oxygens (including phenoxy) is 1. The Kier molecular flexibility index (Phi) is 5.17. The molecule has 0 spiro atoms. The van der Waals surface area contributed by atoms with Crippen molar-refractivity contribution in [3.8, 4) is 5.75 Å². The number of para-hydroxylation sites is 1. The zero-order valence-electron chi connectivity index (χ0n) is 13.2. The standard InChI is InChI=1S/C16H17N5O2S/c1-23-15-7-3-2-5-13(15)9-20(10-14-6-4-8-24-14)16(22)11-21-12-17-18-19-21/h2-8,12H,9-11H2,1H3. The molecule has 0 N–H and O–H groups in total. The summed E-state index contributed by atoms with van der Waals surface area (Å²) < 4.78 is 6.82. The Morgan fingerprint density at radius 1 is 1.25 bits per heavy atom. The fourth-order valence-electron chi connectivity index (χ4n) is 2.35. The molecule has 2 aromatic heterocycles. The number of nitrogens with zero attached hydrogens (tertiary/aromatic N) is 5. The molecule has 0 aliphatic heterocycles. The van der Waals surface area contributed by atoms with E-state index in [4.69, 9.17) is 4.74 Å². The van der Waals surface area contributed by atoms with Crippen LogP contribution in [0.4, 0.5) is 0 Å². The lowest BCUT2D eigenvalue weighted by Gasteiger charge is -2.23. The third-order valence-electron chi connectivity index (χ3n) is 3.52. The number of amides is 1. The van der Waals surface area contributed by atoms with Gasteiger partial charge in [0.05, 0.1) is 13.7 Å². The predicted molar refractivity (Wildman–Crippen MR) is 89.4 cm³/mol. The van der Waals surface area contributed by atoms with Crippen molar-refractivity contribution in [2.45, 2.75) is 19.6 Å². The van der Waals surface area contributed by atoms with Crippen molar-refractivity contribution in [2.75, 3.05) is 7.11 Å². The van der Waals surface area contributed by atoms with E-state index < -0.39 is 0 Å². The minimum Gasteiger partial charge on any atom is -0.496 e. The van der Waals surface area contributed by atoms with E-state index in [1.165, 1.54) is 11.0 Å². The molecule has 124 valence electrons. The lowest BCUT2D eigenvalue weighted by molar-refractivity contribution is -0.133. The second-order valence-corrected chi connectivity index (χ2v) is 6.18. The Labute approximate surface area is 143 Å². The Morgan fingerprint density at radius 2 is 2.12 bits per heavy atom. The van der Waals surface area contributed by atoms with Crippen molar-refractivity contribution in [3.05, 3.63) is 58.5 Å². The van der Waals surface area contributed by atoms with Gasteiger partial charge in [-0.25, -0.2) is 4.68 Å². The van der Waals surface area contributed by atoms with Crippen LogP contribution in [0.25, 0.3) is 0 Å². The molecule has 3 rings (SSSR count). The Morgan fingerprint density at radius 3 is 2.83 bits per heavy atom. The van der Waals surface area contributed by atoms with E-state index in [1.54, 1.807) is 23.3 Å². The first-order valence-electron chi connectivity index (χ1n) is 7.39. The molecule has 0 unspecified atom stereocenters. The molecule has 0 fully saturated rings. The summed E-state index contributed by atoms with van der Waals surface area (Å²) in [5.74, 6) is 0.713. The van der Waals surface area contributed by atoms with Crippen molar-refractivity contribution < 1.29 is 9.53 Å². The van der Waals surface area contributed by atoms with Gasteiger partial charge in [0.1, 0.15) is 18.6 Å². The highest BCUT2D eigenvalue weighted by molar-refractivity contribution is 7.09. The van der Waals surface area contributed by atoms with E-state index in [0.29, 0.717) is 13.1 Å². The van der Waals surface area contributed by atoms with Crippen LogP contribution in [0.5, 0.6) is 5.75 Å². The van der Waals surface area contributed by atoms with Gasteiger partial charge in [-0.05, 0) is 27.9 Å². The fraction of sp³-hybridized carbons (Fsp3) is 0.250. The van der Waals surface area contributed by atoms with Gasteiger partial charge in [-0.1, -0.05) is 24.3 Å². The highest BCUT2D eigenvalue weighted by Gasteiger charge is 2.18. The zero-order valence-corrected chi connectivity index (χ0v) is 14.0. The molecule has 0 atom stereocenters. The summed E-state index contributed by atoms with van der Waals surface area (Å²) in [5.41, 5.74) is 0.960. The van der Waals surface area contributed by atoms with Gasteiger partial charge in [0.2, 0.25) is 5.91 Å². The predicted octanol–water partition coefficient (Wildman–Crippen LogP) is 1.97. The first-order valence-corrected chi connectivity index (χ1v) is 8.27. The molecule has 24 heavy (non-hydrogen) atoms. The van der Waals surface area contributed by atoms with Crippen LogP contribution in [0.1, 0.15) is 10.4 Å². The molecular weight excluding hydrogens is 326 g/mol. The summed E-state index contributed by atoms with van der Waals surface area (Å²) in [7, 11) is 1.63. The maximum absolute atomic E-state index is 12.7. The fourth-order valence-corrected chi connectivity index (χ4v) is 3.07. The van der Waals surface area contributed by atoms with Gasteiger partial charge in [0.15, 0.2) is 0 Å².